The maximum Gasteiger partial charge on any atom is 0.224 e. The van der Waals surface area contributed by atoms with Gasteiger partial charge in [0.2, 0.25) is 5.91 Å². The molecule has 14 heavy (non-hydrogen) atoms. The van der Waals surface area contributed by atoms with Gasteiger partial charge >= 0.3 is 0 Å². The van der Waals surface area contributed by atoms with Gasteiger partial charge in [-0.3, -0.25) is 4.79 Å². The van der Waals surface area contributed by atoms with Gasteiger partial charge in [-0.25, -0.2) is 0 Å². The molecule has 1 N–H and O–H groups in total. The molecule has 0 bridgehead atoms. The first kappa shape index (κ1) is 9.93. The van der Waals surface area contributed by atoms with Crippen molar-refractivity contribution < 1.29 is 9.53 Å². The second-order valence-corrected chi connectivity index (χ2v) is 4.06. The molecule has 4 heteroatoms. The first-order chi connectivity index (χ1) is 6.86. The van der Waals surface area contributed by atoms with Crippen molar-refractivity contribution >= 4 is 5.91 Å². The maximum atomic E-state index is 11.6. The van der Waals surface area contributed by atoms with Gasteiger partial charge in [0.1, 0.15) is 0 Å². The Morgan fingerprint density at radius 3 is 3.00 bits per heavy atom. The third-order valence-electron chi connectivity index (χ3n) is 2.99. The summed E-state index contributed by atoms with van der Waals surface area (Å²) in [5.41, 5.74) is 0. The van der Waals surface area contributed by atoms with Crippen molar-refractivity contribution in [3.63, 3.8) is 0 Å². The van der Waals surface area contributed by atoms with Crippen molar-refractivity contribution in [3.05, 3.63) is 0 Å². The Morgan fingerprint density at radius 1 is 1.43 bits per heavy atom. The van der Waals surface area contributed by atoms with Crippen LogP contribution in [0.1, 0.15) is 12.8 Å². The highest BCUT2D eigenvalue weighted by molar-refractivity contribution is 5.76. The summed E-state index contributed by atoms with van der Waals surface area (Å²) in [6, 6.07) is 0. The average Bonchev–Trinajstić information content (AvgIpc) is 2.29. The van der Waals surface area contributed by atoms with E-state index in [9.17, 15) is 4.79 Å². The molecule has 0 spiro atoms. The second kappa shape index (κ2) is 4.75. The van der Waals surface area contributed by atoms with Gasteiger partial charge < -0.3 is 15.0 Å². The predicted octanol–water partition coefficient (Wildman–Crippen LogP) is -0.155. The summed E-state index contributed by atoms with van der Waals surface area (Å²) < 4.78 is 5.27. The average molecular weight is 198 g/mol. The van der Waals surface area contributed by atoms with Crippen LogP contribution in [-0.4, -0.2) is 50.2 Å². The highest BCUT2D eigenvalue weighted by atomic mass is 16.5. The lowest BCUT2D eigenvalue weighted by Crippen LogP contribution is -2.44. The maximum absolute atomic E-state index is 11.6. The van der Waals surface area contributed by atoms with E-state index >= 15 is 0 Å². The highest BCUT2D eigenvalue weighted by Gasteiger charge is 2.21. The van der Waals surface area contributed by atoms with Crippen molar-refractivity contribution in [1.29, 1.82) is 0 Å². The number of hydrogen-bond acceptors (Lipinski definition) is 3. The number of amides is 1. The number of rotatable bonds is 3. The van der Waals surface area contributed by atoms with Crippen LogP contribution in [0.5, 0.6) is 0 Å². The molecule has 0 saturated carbocycles. The molecule has 2 saturated heterocycles. The number of ether oxygens (including phenoxy) is 1. The first-order valence-corrected chi connectivity index (χ1v) is 5.42. The Hall–Kier alpha value is -0.610. The van der Waals surface area contributed by atoms with E-state index in [1.54, 1.807) is 0 Å². The van der Waals surface area contributed by atoms with Crippen LogP contribution in [0.4, 0.5) is 0 Å². The molecule has 0 radical (unpaired) electrons. The molecule has 0 aliphatic carbocycles. The largest absolute Gasteiger partial charge is 0.379 e. The molecule has 0 aromatic rings. The van der Waals surface area contributed by atoms with Gasteiger partial charge in [-0.2, -0.15) is 0 Å². The number of hydrogen-bond donors (Lipinski definition) is 1. The molecular formula is C10H18N2O2. The fourth-order valence-corrected chi connectivity index (χ4v) is 1.85. The molecule has 0 unspecified atom stereocenters. The smallest absolute Gasteiger partial charge is 0.224 e. The van der Waals surface area contributed by atoms with E-state index in [4.69, 9.17) is 4.74 Å². The minimum Gasteiger partial charge on any atom is -0.379 e. The summed E-state index contributed by atoms with van der Waals surface area (Å²) in [5.74, 6) is 1.04. The molecule has 2 fully saturated rings. The molecule has 2 rings (SSSR count). The van der Waals surface area contributed by atoms with Gasteiger partial charge in [-0.15, -0.1) is 0 Å². The van der Waals surface area contributed by atoms with Crippen molar-refractivity contribution in [2.75, 3.05) is 39.4 Å². The fourth-order valence-electron chi connectivity index (χ4n) is 1.85. The van der Waals surface area contributed by atoms with Gasteiger partial charge in [0, 0.05) is 13.1 Å². The SMILES string of the molecule is O=C1CCOCCN1CCC1CNC1. The van der Waals surface area contributed by atoms with Crippen molar-refractivity contribution in [2.45, 2.75) is 12.8 Å². The van der Waals surface area contributed by atoms with Gasteiger partial charge in [-0.05, 0) is 25.4 Å². The van der Waals surface area contributed by atoms with E-state index in [0.717, 1.165) is 38.5 Å². The summed E-state index contributed by atoms with van der Waals surface area (Å²) in [6.45, 7) is 5.24. The zero-order valence-electron chi connectivity index (χ0n) is 8.50. The summed E-state index contributed by atoms with van der Waals surface area (Å²) in [4.78, 5) is 13.5. The van der Waals surface area contributed by atoms with Crippen LogP contribution in [-0.2, 0) is 9.53 Å². The molecule has 80 valence electrons. The highest BCUT2D eigenvalue weighted by Crippen LogP contribution is 2.10. The van der Waals surface area contributed by atoms with Gasteiger partial charge in [-0.1, -0.05) is 0 Å². The molecule has 4 nitrogen and oxygen atoms in total. The lowest BCUT2D eigenvalue weighted by atomic mass is 9.99. The van der Waals surface area contributed by atoms with E-state index in [2.05, 4.69) is 5.32 Å². The van der Waals surface area contributed by atoms with Crippen LogP contribution >= 0.6 is 0 Å². The zero-order valence-corrected chi connectivity index (χ0v) is 8.50. The third-order valence-corrected chi connectivity index (χ3v) is 2.99. The monoisotopic (exact) mass is 198 g/mol. The van der Waals surface area contributed by atoms with Gasteiger partial charge in [0.25, 0.3) is 0 Å². The summed E-state index contributed by atoms with van der Waals surface area (Å²) in [6.07, 6.45) is 1.70. The Kier molecular flexibility index (Phi) is 3.37. The van der Waals surface area contributed by atoms with Crippen LogP contribution in [0.25, 0.3) is 0 Å². The Labute approximate surface area is 84.6 Å². The van der Waals surface area contributed by atoms with Gasteiger partial charge in [0.15, 0.2) is 0 Å². The molecular weight excluding hydrogens is 180 g/mol. The quantitative estimate of drug-likeness (QED) is 0.685. The summed E-state index contributed by atoms with van der Waals surface area (Å²) in [7, 11) is 0. The van der Waals surface area contributed by atoms with Crippen LogP contribution in [0.2, 0.25) is 0 Å². The van der Waals surface area contributed by atoms with E-state index in [1.165, 1.54) is 0 Å². The standard InChI is InChI=1S/C10H18N2O2/c13-10-2-5-14-6-4-12(10)3-1-9-7-11-8-9/h9,11H,1-8H2. The minimum atomic E-state index is 0.259. The first-order valence-electron chi connectivity index (χ1n) is 5.42. The Morgan fingerprint density at radius 2 is 2.29 bits per heavy atom. The van der Waals surface area contributed by atoms with E-state index < -0.39 is 0 Å². The molecule has 0 aromatic heterocycles. The zero-order chi connectivity index (χ0) is 9.80. The minimum absolute atomic E-state index is 0.259. The van der Waals surface area contributed by atoms with Crippen LogP contribution in [0, 0.1) is 5.92 Å². The molecule has 2 heterocycles. The number of nitrogens with zero attached hydrogens (tertiary/aromatic N) is 1. The van der Waals surface area contributed by atoms with Crippen LogP contribution in [0.3, 0.4) is 0 Å². The third kappa shape index (κ3) is 2.45. The summed E-state index contributed by atoms with van der Waals surface area (Å²) in [5, 5.41) is 3.24. The van der Waals surface area contributed by atoms with E-state index in [1.807, 2.05) is 4.90 Å². The molecule has 2 aliphatic heterocycles. The molecule has 0 atom stereocenters. The normalized spacial score (nSPS) is 24.6. The molecule has 0 aromatic carbocycles. The van der Waals surface area contributed by atoms with E-state index in [-0.39, 0.29) is 5.91 Å². The van der Waals surface area contributed by atoms with Crippen molar-refractivity contribution in [1.82, 2.24) is 10.2 Å². The number of nitrogens with one attached hydrogen (secondary N) is 1. The fraction of sp³-hybridized carbons (Fsp3) is 0.900. The number of carbonyl (C=O) groups excluding carboxylic acids is 1. The van der Waals surface area contributed by atoms with Crippen molar-refractivity contribution in [2.24, 2.45) is 5.92 Å². The Bertz CT molecular complexity index is 204. The second-order valence-electron chi connectivity index (χ2n) is 4.06. The number of carbonyl (C=O) groups is 1. The topological polar surface area (TPSA) is 41.6 Å². The Balaban J connectivity index is 1.73. The van der Waals surface area contributed by atoms with Crippen molar-refractivity contribution in [3.8, 4) is 0 Å². The van der Waals surface area contributed by atoms with Crippen LogP contribution < -0.4 is 5.32 Å². The van der Waals surface area contributed by atoms with E-state index in [0.29, 0.717) is 19.6 Å². The molecule has 1 amide bonds. The summed E-state index contributed by atoms with van der Waals surface area (Å²) >= 11 is 0. The van der Waals surface area contributed by atoms with Crippen LogP contribution in [0.15, 0.2) is 0 Å². The lowest BCUT2D eigenvalue weighted by Gasteiger charge is -2.29. The van der Waals surface area contributed by atoms with Gasteiger partial charge in [0.05, 0.1) is 19.6 Å². The lowest BCUT2D eigenvalue weighted by molar-refractivity contribution is -0.130. The molecule has 2 aliphatic rings. The predicted molar refractivity (Wildman–Crippen MR) is 53.0 cm³/mol.